The van der Waals surface area contributed by atoms with Crippen LogP contribution in [-0.4, -0.2) is 49.1 Å². The molecule has 0 spiro atoms. The monoisotopic (exact) mass is 613 g/mol. The van der Waals surface area contributed by atoms with E-state index in [1.54, 1.807) is 25.6 Å². The van der Waals surface area contributed by atoms with Crippen LogP contribution in [0.3, 0.4) is 0 Å². The van der Waals surface area contributed by atoms with Crippen LogP contribution in [0.5, 0.6) is 5.75 Å². The first-order valence-electron chi connectivity index (χ1n) is 10.2. The zero-order chi connectivity index (χ0) is 24.1. The van der Waals surface area contributed by atoms with Gasteiger partial charge in [-0.25, -0.2) is 27.7 Å². The molecule has 1 aromatic carbocycles. The van der Waals surface area contributed by atoms with Crippen LogP contribution in [0.1, 0.15) is 27.3 Å². The van der Waals surface area contributed by atoms with E-state index in [-0.39, 0.29) is 35.1 Å². The number of amides is 1. The zero-order valence-electron chi connectivity index (χ0n) is 18.0. The Balaban J connectivity index is 1.56. The number of benzene rings is 1. The van der Waals surface area contributed by atoms with Crippen molar-refractivity contribution in [2.45, 2.75) is 30.6 Å². The van der Waals surface area contributed by atoms with Crippen molar-refractivity contribution >= 4 is 57.0 Å². The number of rotatable bonds is 9. The summed E-state index contributed by atoms with van der Waals surface area (Å²) in [5.41, 5.74) is 2.45. The van der Waals surface area contributed by atoms with Gasteiger partial charge in [0.15, 0.2) is 0 Å². The van der Waals surface area contributed by atoms with Crippen molar-refractivity contribution in [1.29, 1.82) is 0 Å². The molecular weight excluding hydrogens is 593 g/mol. The maximum absolute atomic E-state index is 13.0. The molecule has 2 unspecified atom stereocenters. The molecule has 4 rings (SSSR count). The number of carbonyl (C=O) groups excluding carboxylic acids is 1. The predicted molar refractivity (Wildman–Crippen MR) is 136 cm³/mol. The van der Waals surface area contributed by atoms with Crippen molar-refractivity contribution in [3.8, 4) is 5.75 Å². The molecule has 10 nitrogen and oxygen atoms in total. The van der Waals surface area contributed by atoms with Crippen LogP contribution in [0, 0.1) is 0 Å². The first-order valence-corrected chi connectivity index (χ1v) is 13.0. The van der Waals surface area contributed by atoms with Crippen molar-refractivity contribution in [2.75, 3.05) is 18.3 Å². The number of nitrogens with one attached hydrogen (secondary N) is 3. The van der Waals surface area contributed by atoms with Gasteiger partial charge in [0.2, 0.25) is 5.16 Å². The fraction of sp³-hybridized carbons (Fsp3) is 0.286. The minimum absolute atomic E-state index is 0.0407. The Bertz CT molecular complexity index is 1220. The Morgan fingerprint density at radius 2 is 1.97 bits per heavy atom. The molecular formula is C21H21ClIN7O3S. The third kappa shape index (κ3) is 5.79. The van der Waals surface area contributed by atoms with Crippen molar-refractivity contribution in [1.82, 2.24) is 28.8 Å². The minimum Gasteiger partial charge on any atom is -0.495 e. The van der Waals surface area contributed by atoms with Gasteiger partial charge >= 0.3 is 0 Å². The molecule has 178 valence electrons. The van der Waals surface area contributed by atoms with E-state index in [2.05, 4.69) is 34.1 Å². The Kier molecular flexibility index (Phi) is 8.24. The quantitative estimate of drug-likeness (QED) is 0.189. The Hall–Kier alpha value is -2.42. The van der Waals surface area contributed by atoms with Gasteiger partial charge in [0.25, 0.3) is 5.91 Å². The van der Waals surface area contributed by atoms with E-state index in [1.807, 2.05) is 35.0 Å². The third-order valence-corrected chi connectivity index (χ3v) is 7.38. The molecule has 0 aliphatic heterocycles. The second-order valence-electron chi connectivity index (χ2n) is 7.39. The van der Waals surface area contributed by atoms with Gasteiger partial charge in [-0.15, -0.1) is 0 Å². The molecule has 2 aromatic heterocycles. The lowest BCUT2D eigenvalue weighted by Gasteiger charge is -2.16. The number of anilines is 1. The van der Waals surface area contributed by atoms with Crippen LogP contribution in [0.25, 0.3) is 0 Å². The van der Waals surface area contributed by atoms with Crippen LogP contribution in [0.2, 0.25) is 5.02 Å². The second kappa shape index (κ2) is 11.3. The van der Waals surface area contributed by atoms with Crippen LogP contribution < -0.4 is 18.9 Å². The molecule has 0 saturated heterocycles. The molecule has 0 fully saturated rings. The smallest absolute Gasteiger partial charge is 0.256 e. The van der Waals surface area contributed by atoms with Crippen molar-refractivity contribution in [2.24, 2.45) is 0 Å². The minimum atomic E-state index is -1.47. The number of ether oxygens (including phenoxy) is 1. The summed E-state index contributed by atoms with van der Waals surface area (Å²) < 4.78 is 20.6. The highest BCUT2D eigenvalue weighted by molar-refractivity contribution is 14.1. The fourth-order valence-electron chi connectivity index (χ4n) is 3.61. The van der Waals surface area contributed by atoms with Crippen molar-refractivity contribution < 1.29 is 13.7 Å². The third-order valence-electron chi connectivity index (χ3n) is 5.17. The van der Waals surface area contributed by atoms with E-state index in [4.69, 9.17) is 16.3 Å². The lowest BCUT2D eigenvalue weighted by Crippen LogP contribution is -2.28. The Labute approximate surface area is 217 Å². The normalized spacial score (nSPS) is 15.4. The van der Waals surface area contributed by atoms with Gasteiger partial charge in [0.1, 0.15) is 33.8 Å². The van der Waals surface area contributed by atoms with Crippen LogP contribution in [0.15, 0.2) is 41.9 Å². The number of fused-ring (bicyclic) bond motifs is 1. The van der Waals surface area contributed by atoms with Gasteiger partial charge in [-0.1, -0.05) is 11.6 Å². The standard InChI is InChI=1S/C21H21ClIN7O3S/c1-33-17-8-13-6-14(5-12(13)7-16(17)22)29-19-15(9-27-21(30-19)34(32)11-28-23)20(31)26-10-18-24-3-2-4-25-18/h2-4,7-9,14,28H,5-6,10-11H2,1H3,(H,26,31)(H,27,29,30). The number of halogens is 2. The topological polar surface area (TPSA) is 131 Å². The van der Waals surface area contributed by atoms with Gasteiger partial charge < -0.3 is 15.4 Å². The molecule has 34 heavy (non-hydrogen) atoms. The zero-order valence-corrected chi connectivity index (χ0v) is 21.8. The van der Waals surface area contributed by atoms with E-state index < -0.39 is 10.8 Å². The van der Waals surface area contributed by atoms with Crippen LogP contribution in [-0.2, 0) is 30.2 Å². The molecule has 0 saturated carbocycles. The fourth-order valence-corrected chi connectivity index (χ4v) is 5.32. The number of hydrogen-bond donors (Lipinski definition) is 3. The molecule has 1 aliphatic rings. The molecule has 2 atom stereocenters. The number of nitrogens with zero attached hydrogens (tertiary/aromatic N) is 4. The average Bonchev–Trinajstić information content (AvgIpc) is 3.23. The SMILES string of the molecule is COc1cc2c(cc1Cl)CC(Nc1nc(S(=O)CNI)ncc1C(=O)NCc1ncccn1)C2. The van der Waals surface area contributed by atoms with Gasteiger partial charge in [-0.05, 0) is 42.2 Å². The highest BCUT2D eigenvalue weighted by atomic mass is 127. The molecule has 13 heteroatoms. The van der Waals surface area contributed by atoms with Gasteiger partial charge in [0.05, 0.1) is 24.6 Å². The number of carbonyl (C=O) groups is 1. The first-order chi connectivity index (χ1) is 16.5. The summed E-state index contributed by atoms with van der Waals surface area (Å²) >= 11 is 8.19. The molecule has 3 N–H and O–H groups in total. The van der Waals surface area contributed by atoms with Crippen molar-refractivity contribution in [3.05, 3.63) is 64.3 Å². The summed E-state index contributed by atoms with van der Waals surface area (Å²) in [4.78, 5) is 29.8. The largest absolute Gasteiger partial charge is 0.495 e. The molecule has 1 aliphatic carbocycles. The highest BCUT2D eigenvalue weighted by Gasteiger charge is 2.26. The van der Waals surface area contributed by atoms with Gasteiger partial charge in [0, 0.05) is 47.5 Å². The molecule has 2 heterocycles. The summed E-state index contributed by atoms with van der Waals surface area (Å²) in [7, 11) is 0.114. The molecule has 0 bridgehead atoms. The summed E-state index contributed by atoms with van der Waals surface area (Å²) in [6.07, 6.45) is 5.98. The van der Waals surface area contributed by atoms with Crippen LogP contribution in [0.4, 0.5) is 5.82 Å². The number of methoxy groups -OCH3 is 1. The lowest BCUT2D eigenvalue weighted by atomic mass is 10.1. The summed E-state index contributed by atoms with van der Waals surface area (Å²) in [5.74, 6) is 1.21. The Morgan fingerprint density at radius 3 is 2.68 bits per heavy atom. The predicted octanol–water partition coefficient (Wildman–Crippen LogP) is 2.44. The highest BCUT2D eigenvalue weighted by Crippen LogP contribution is 2.34. The lowest BCUT2D eigenvalue weighted by molar-refractivity contribution is 0.0949. The number of hydrogen-bond acceptors (Lipinski definition) is 9. The second-order valence-corrected chi connectivity index (χ2v) is 9.91. The summed E-state index contributed by atoms with van der Waals surface area (Å²) in [6.45, 7) is 0.152. The first kappa shape index (κ1) is 24.7. The summed E-state index contributed by atoms with van der Waals surface area (Å²) in [6, 6.07) is 5.49. The maximum atomic E-state index is 13.0. The Morgan fingerprint density at radius 1 is 1.24 bits per heavy atom. The van der Waals surface area contributed by atoms with E-state index >= 15 is 0 Å². The van der Waals surface area contributed by atoms with E-state index in [0.717, 1.165) is 11.1 Å². The molecule has 1 amide bonds. The van der Waals surface area contributed by atoms with E-state index in [1.165, 1.54) is 6.20 Å². The molecule has 3 aromatic rings. The maximum Gasteiger partial charge on any atom is 0.256 e. The van der Waals surface area contributed by atoms with Crippen LogP contribution >= 0.6 is 34.5 Å². The van der Waals surface area contributed by atoms with E-state index in [9.17, 15) is 9.00 Å². The van der Waals surface area contributed by atoms with Gasteiger partial charge in [-0.3, -0.25) is 4.79 Å². The number of aromatic nitrogens is 4. The summed E-state index contributed by atoms with van der Waals surface area (Å²) in [5, 5.41) is 6.82. The van der Waals surface area contributed by atoms with E-state index in [0.29, 0.717) is 35.3 Å². The van der Waals surface area contributed by atoms with Gasteiger partial charge in [-0.2, -0.15) is 0 Å². The van der Waals surface area contributed by atoms with Crippen molar-refractivity contribution in [3.63, 3.8) is 0 Å². The molecule has 0 radical (unpaired) electrons. The average molecular weight is 614 g/mol.